The van der Waals surface area contributed by atoms with Crippen LogP contribution in [0.3, 0.4) is 0 Å². The highest BCUT2D eigenvalue weighted by molar-refractivity contribution is 5.87. The SMILES string of the molecule is CC1CN(C(=O)OC(C)(C)C)CCN1CCOc1ccc(C(=O)O)cc1F. The lowest BCUT2D eigenvalue weighted by molar-refractivity contribution is 0.00423. The third-order valence-corrected chi connectivity index (χ3v) is 4.23. The fourth-order valence-electron chi connectivity index (χ4n) is 2.84. The monoisotopic (exact) mass is 382 g/mol. The van der Waals surface area contributed by atoms with E-state index in [0.717, 1.165) is 6.07 Å². The van der Waals surface area contributed by atoms with E-state index < -0.39 is 17.4 Å². The Hall–Kier alpha value is -2.35. The molecule has 8 heteroatoms. The molecule has 1 aliphatic heterocycles. The summed E-state index contributed by atoms with van der Waals surface area (Å²) in [5, 5.41) is 8.85. The van der Waals surface area contributed by atoms with Gasteiger partial charge in [-0.05, 0) is 45.9 Å². The second-order valence-corrected chi connectivity index (χ2v) is 7.61. The largest absolute Gasteiger partial charge is 0.489 e. The molecule has 1 amide bonds. The van der Waals surface area contributed by atoms with Gasteiger partial charge >= 0.3 is 12.1 Å². The Balaban J connectivity index is 1.81. The normalized spacial score (nSPS) is 18.3. The van der Waals surface area contributed by atoms with Crippen molar-refractivity contribution in [1.82, 2.24) is 9.80 Å². The van der Waals surface area contributed by atoms with Crippen LogP contribution in [0.4, 0.5) is 9.18 Å². The molecule has 150 valence electrons. The van der Waals surface area contributed by atoms with E-state index in [4.69, 9.17) is 14.6 Å². The number of carboxylic acid groups (broad SMARTS) is 1. The number of rotatable bonds is 5. The van der Waals surface area contributed by atoms with E-state index in [1.165, 1.54) is 12.1 Å². The maximum Gasteiger partial charge on any atom is 0.410 e. The van der Waals surface area contributed by atoms with Gasteiger partial charge in [-0.1, -0.05) is 0 Å². The zero-order valence-corrected chi connectivity index (χ0v) is 16.2. The first-order valence-electron chi connectivity index (χ1n) is 8.94. The molecular weight excluding hydrogens is 355 g/mol. The van der Waals surface area contributed by atoms with E-state index in [2.05, 4.69) is 4.90 Å². The molecule has 1 N–H and O–H groups in total. The first-order chi connectivity index (χ1) is 12.6. The van der Waals surface area contributed by atoms with Crippen molar-refractivity contribution in [3.05, 3.63) is 29.6 Å². The van der Waals surface area contributed by atoms with Gasteiger partial charge in [0.25, 0.3) is 0 Å². The topological polar surface area (TPSA) is 79.3 Å². The van der Waals surface area contributed by atoms with Crippen LogP contribution < -0.4 is 4.74 Å². The van der Waals surface area contributed by atoms with E-state index in [-0.39, 0.29) is 30.1 Å². The number of nitrogens with zero attached hydrogens (tertiary/aromatic N) is 2. The number of hydrogen-bond donors (Lipinski definition) is 1. The van der Waals surface area contributed by atoms with E-state index in [1.54, 1.807) is 4.90 Å². The average molecular weight is 382 g/mol. The average Bonchev–Trinajstić information content (AvgIpc) is 2.55. The summed E-state index contributed by atoms with van der Waals surface area (Å²) in [5.74, 6) is -1.85. The van der Waals surface area contributed by atoms with Gasteiger partial charge in [0.2, 0.25) is 0 Å². The highest BCUT2D eigenvalue weighted by Crippen LogP contribution is 2.19. The minimum absolute atomic E-state index is 0.0278. The number of halogens is 1. The Morgan fingerprint density at radius 2 is 2.00 bits per heavy atom. The summed E-state index contributed by atoms with van der Waals surface area (Å²) >= 11 is 0. The predicted octanol–water partition coefficient (Wildman–Crippen LogP) is 2.84. The molecule has 1 aliphatic rings. The van der Waals surface area contributed by atoms with Crippen LogP contribution in [0.5, 0.6) is 5.75 Å². The van der Waals surface area contributed by atoms with Gasteiger partial charge in [0.05, 0.1) is 5.56 Å². The number of benzene rings is 1. The first-order valence-corrected chi connectivity index (χ1v) is 8.94. The summed E-state index contributed by atoms with van der Waals surface area (Å²) in [6.45, 7) is 10.1. The fourth-order valence-corrected chi connectivity index (χ4v) is 2.84. The molecule has 0 spiro atoms. The second kappa shape index (κ2) is 8.56. The number of ether oxygens (including phenoxy) is 2. The van der Waals surface area contributed by atoms with Gasteiger partial charge in [0.15, 0.2) is 11.6 Å². The highest BCUT2D eigenvalue weighted by Gasteiger charge is 2.29. The Morgan fingerprint density at radius 3 is 2.56 bits per heavy atom. The molecule has 1 heterocycles. The molecule has 2 rings (SSSR count). The van der Waals surface area contributed by atoms with E-state index in [1.807, 2.05) is 27.7 Å². The number of piperazine rings is 1. The zero-order valence-electron chi connectivity index (χ0n) is 16.2. The van der Waals surface area contributed by atoms with Crippen LogP contribution in [0.1, 0.15) is 38.1 Å². The lowest BCUT2D eigenvalue weighted by Gasteiger charge is -2.40. The molecule has 0 saturated carbocycles. The van der Waals surface area contributed by atoms with Gasteiger partial charge in [-0.15, -0.1) is 0 Å². The summed E-state index contributed by atoms with van der Waals surface area (Å²) in [4.78, 5) is 26.8. The van der Waals surface area contributed by atoms with Crippen LogP contribution in [0, 0.1) is 5.82 Å². The van der Waals surface area contributed by atoms with Gasteiger partial charge in [-0.3, -0.25) is 4.90 Å². The third-order valence-electron chi connectivity index (χ3n) is 4.23. The lowest BCUT2D eigenvalue weighted by atomic mass is 10.2. The maximum atomic E-state index is 13.9. The minimum atomic E-state index is -1.18. The van der Waals surface area contributed by atoms with Gasteiger partial charge in [-0.2, -0.15) is 0 Å². The van der Waals surface area contributed by atoms with Crippen molar-refractivity contribution in [2.24, 2.45) is 0 Å². The summed E-state index contributed by atoms with van der Waals surface area (Å²) in [5.41, 5.74) is -0.641. The van der Waals surface area contributed by atoms with Crippen molar-refractivity contribution in [3.8, 4) is 5.75 Å². The quantitative estimate of drug-likeness (QED) is 0.844. The summed E-state index contributed by atoms with van der Waals surface area (Å²) in [7, 11) is 0. The number of hydrogen-bond acceptors (Lipinski definition) is 5. The van der Waals surface area contributed by atoms with Crippen molar-refractivity contribution in [3.63, 3.8) is 0 Å². The molecule has 0 bridgehead atoms. The molecule has 0 aliphatic carbocycles. The molecule has 7 nitrogen and oxygen atoms in total. The van der Waals surface area contributed by atoms with Crippen LogP contribution in [0.25, 0.3) is 0 Å². The third kappa shape index (κ3) is 6.09. The van der Waals surface area contributed by atoms with Crippen LogP contribution >= 0.6 is 0 Å². The number of carbonyl (C=O) groups excluding carboxylic acids is 1. The first kappa shape index (κ1) is 21.0. The van der Waals surface area contributed by atoms with Crippen LogP contribution in [-0.2, 0) is 4.74 Å². The Labute approximate surface area is 158 Å². The summed E-state index contributed by atoms with van der Waals surface area (Å²) in [6, 6.07) is 3.69. The predicted molar refractivity (Wildman–Crippen MR) is 97.7 cm³/mol. The number of amides is 1. The standard InChI is InChI=1S/C19H27FN2O5/c1-13-12-22(18(25)27-19(2,3)4)8-7-21(13)9-10-26-16-6-5-14(17(23)24)11-15(16)20/h5-6,11,13H,7-10,12H2,1-4H3,(H,23,24). The van der Waals surface area contributed by atoms with Crippen LogP contribution in [-0.4, -0.2) is 71.4 Å². The molecule has 1 atom stereocenters. The van der Waals surface area contributed by atoms with E-state index >= 15 is 0 Å². The zero-order chi connectivity index (χ0) is 20.2. The molecule has 1 saturated heterocycles. The molecule has 1 aromatic carbocycles. The van der Waals surface area contributed by atoms with Gasteiger partial charge in [0.1, 0.15) is 12.2 Å². The Kier molecular flexibility index (Phi) is 6.64. The van der Waals surface area contributed by atoms with Crippen molar-refractivity contribution in [2.45, 2.75) is 39.3 Å². The summed E-state index contributed by atoms with van der Waals surface area (Å²) in [6.07, 6.45) is -0.314. The highest BCUT2D eigenvalue weighted by atomic mass is 19.1. The minimum Gasteiger partial charge on any atom is -0.489 e. The number of aromatic carboxylic acids is 1. The molecule has 27 heavy (non-hydrogen) atoms. The number of carboxylic acids is 1. The van der Waals surface area contributed by atoms with Gasteiger partial charge in [-0.25, -0.2) is 14.0 Å². The molecule has 0 radical (unpaired) electrons. The second-order valence-electron chi connectivity index (χ2n) is 7.61. The van der Waals surface area contributed by atoms with Gasteiger partial charge in [0, 0.05) is 32.2 Å². The smallest absolute Gasteiger partial charge is 0.410 e. The van der Waals surface area contributed by atoms with E-state index in [9.17, 15) is 14.0 Å². The molecule has 0 aromatic heterocycles. The maximum absolute atomic E-state index is 13.9. The van der Waals surface area contributed by atoms with Crippen molar-refractivity contribution in [1.29, 1.82) is 0 Å². The summed E-state index contributed by atoms with van der Waals surface area (Å²) < 4.78 is 24.7. The van der Waals surface area contributed by atoms with Crippen molar-refractivity contribution < 1.29 is 28.6 Å². The van der Waals surface area contributed by atoms with Crippen molar-refractivity contribution in [2.75, 3.05) is 32.8 Å². The van der Waals surface area contributed by atoms with E-state index in [0.29, 0.717) is 26.2 Å². The van der Waals surface area contributed by atoms with Crippen LogP contribution in [0.15, 0.2) is 18.2 Å². The number of carbonyl (C=O) groups is 2. The van der Waals surface area contributed by atoms with Crippen LogP contribution in [0.2, 0.25) is 0 Å². The molecule has 1 aromatic rings. The molecular formula is C19H27FN2O5. The lowest BCUT2D eigenvalue weighted by Crippen LogP contribution is -2.55. The molecule has 1 unspecified atom stereocenters. The molecule has 1 fully saturated rings. The Morgan fingerprint density at radius 1 is 1.30 bits per heavy atom. The fraction of sp³-hybridized carbons (Fsp3) is 0.579. The van der Waals surface area contributed by atoms with Crippen molar-refractivity contribution >= 4 is 12.1 Å². The van der Waals surface area contributed by atoms with Gasteiger partial charge < -0.3 is 19.5 Å². The Bertz CT molecular complexity index is 689.